The molecule has 0 aliphatic carbocycles. The summed E-state index contributed by atoms with van der Waals surface area (Å²) in [6, 6.07) is 12.7. The molecule has 0 atom stereocenters. The SMILES string of the molecule is N#Cc1c(F)cccc1NCc1cc(-c2cccs2)cs1. The molecule has 0 bridgehead atoms. The van der Waals surface area contributed by atoms with Gasteiger partial charge in [-0.05, 0) is 35.0 Å². The van der Waals surface area contributed by atoms with Crippen LogP contribution in [-0.2, 0) is 6.54 Å². The van der Waals surface area contributed by atoms with E-state index in [1.807, 2.05) is 12.1 Å². The lowest BCUT2D eigenvalue weighted by atomic mass is 10.2. The van der Waals surface area contributed by atoms with E-state index in [0.29, 0.717) is 12.2 Å². The first-order chi connectivity index (χ1) is 10.3. The Bertz CT molecular complexity index is 785. The zero-order chi connectivity index (χ0) is 14.7. The summed E-state index contributed by atoms with van der Waals surface area (Å²) in [6.45, 7) is 0.578. The average molecular weight is 314 g/mol. The molecular weight excluding hydrogens is 303 g/mol. The van der Waals surface area contributed by atoms with E-state index in [4.69, 9.17) is 5.26 Å². The average Bonchev–Trinajstić information content (AvgIpc) is 3.16. The number of nitrogens with zero attached hydrogens (tertiary/aromatic N) is 1. The normalized spacial score (nSPS) is 10.3. The summed E-state index contributed by atoms with van der Waals surface area (Å²) in [5.74, 6) is -0.493. The number of nitriles is 1. The third kappa shape index (κ3) is 2.97. The van der Waals surface area contributed by atoms with Gasteiger partial charge in [-0.15, -0.1) is 22.7 Å². The molecular formula is C16H11FN2S2. The quantitative estimate of drug-likeness (QED) is 0.727. The number of hydrogen-bond acceptors (Lipinski definition) is 4. The summed E-state index contributed by atoms with van der Waals surface area (Å²) in [7, 11) is 0. The van der Waals surface area contributed by atoms with Gasteiger partial charge in [-0.1, -0.05) is 12.1 Å². The Morgan fingerprint density at radius 3 is 2.86 bits per heavy atom. The molecule has 2 nitrogen and oxygen atoms in total. The number of halogens is 1. The summed E-state index contributed by atoms with van der Waals surface area (Å²) in [5.41, 5.74) is 1.79. The minimum atomic E-state index is -0.493. The Hall–Kier alpha value is -2.16. The van der Waals surface area contributed by atoms with Crippen molar-refractivity contribution in [2.75, 3.05) is 5.32 Å². The van der Waals surface area contributed by atoms with E-state index in [-0.39, 0.29) is 5.56 Å². The highest BCUT2D eigenvalue weighted by Gasteiger charge is 2.08. The molecule has 21 heavy (non-hydrogen) atoms. The molecule has 0 unspecified atom stereocenters. The topological polar surface area (TPSA) is 35.8 Å². The number of nitrogens with one attached hydrogen (secondary N) is 1. The molecule has 0 saturated heterocycles. The van der Waals surface area contributed by atoms with Crippen molar-refractivity contribution in [3.8, 4) is 16.5 Å². The fraction of sp³-hybridized carbons (Fsp3) is 0.0625. The summed E-state index contributed by atoms with van der Waals surface area (Å²) in [6.07, 6.45) is 0. The van der Waals surface area contributed by atoms with Crippen LogP contribution in [0.4, 0.5) is 10.1 Å². The van der Waals surface area contributed by atoms with Gasteiger partial charge in [0.2, 0.25) is 0 Å². The van der Waals surface area contributed by atoms with E-state index in [1.54, 1.807) is 34.8 Å². The van der Waals surface area contributed by atoms with Crippen molar-refractivity contribution in [3.05, 3.63) is 63.4 Å². The Kier molecular flexibility index (Phi) is 4.00. The predicted octanol–water partition coefficient (Wildman–Crippen LogP) is 5.10. The van der Waals surface area contributed by atoms with E-state index in [1.165, 1.54) is 16.5 Å². The van der Waals surface area contributed by atoms with Crippen LogP contribution in [0, 0.1) is 17.1 Å². The molecule has 3 rings (SSSR count). The molecule has 0 saturated carbocycles. The lowest BCUT2D eigenvalue weighted by molar-refractivity contribution is 0.624. The van der Waals surface area contributed by atoms with Gasteiger partial charge in [0.15, 0.2) is 0 Å². The van der Waals surface area contributed by atoms with Gasteiger partial charge in [-0.25, -0.2) is 4.39 Å². The highest BCUT2D eigenvalue weighted by atomic mass is 32.1. The third-order valence-electron chi connectivity index (χ3n) is 3.04. The van der Waals surface area contributed by atoms with Gasteiger partial charge in [-0.2, -0.15) is 5.26 Å². The van der Waals surface area contributed by atoms with E-state index >= 15 is 0 Å². The van der Waals surface area contributed by atoms with Crippen molar-refractivity contribution >= 4 is 28.4 Å². The van der Waals surface area contributed by atoms with Crippen LogP contribution >= 0.6 is 22.7 Å². The summed E-state index contributed by atoms with van der Waals surface area (Å²) in [4.78, 5) is 2.38. The maximum Gasteiger partial charge on any atom is 0.143 e. The largest absolute Gasteiger partial charge is 0.379 e. The molecule has 0 amide bonds. The number of rotatable bonds is 4. The molecule has 5 heteroatoms. The van der Waals surface area contributed by atoms with Crippen LogP contribution in [0.15, 0.2) is 47.2 Å². The molecule has 0 aliphatic rings. The first-order valence-electron chi connectivity index (χ1n) is 6.31. The van der Waals surface area contributed by atoms with Crippen LogP contribution in [0.2, 0.25) is 0 Å². The van der Waals surface area contributed by atoms with Gasteiger partial charge >= 0.3 is 0 Å². The van der Waals surface area contributed by atoms with Crippen molar-refractivity contribution in [1.82, 2.24) is 0 Å². The van der Waals surface area contributed by atoms with Crippen molar-refractivity contribution in [2.45, 2.75) is 6.54 Å². The Morgan fingerprint density at radius 1 is 1.19 bits per heavy atom. The second-order valence-electron chi connectivity index (χ2n) is 4.41. The van der Waals surface area contributed by atoms with Gasteiger partial charge in [-0.3, -0.25) is 0 Å². The van der Waals surface area contributed by atoms with E-state index in [2.05, 4.69) is 28.2 Å². The zero-order valence-electron chi connectivity index (χ0n) is 11.0. The monoisotopic (exact) mass is 314 g/mol. The number of anilines is 1. The molecule has 1 aromatic carbocycles. The third-order valence-corrected chi connectivity index (χ3v) is 4.89. The second-order valence-corrected chi connectivity index (χ2v) is 6.35. The van der Waals surface area contributed by atoms with Crippen LogP contribution in [0.25, 0.3) is 10.4 Å². The molecule has 3 aromatic rings. The predicted molar refractivity (Wildman–Crippen MR) is 86.1 cm³/mol. The minimum absolute atomic E-state index is 0.0625. The molecule has 0 aliphatic heterocycles. The minimum Gasteiger partial charge on any atom is -0.379 e. The fourth-order valence-electron chi connectivity index (χ4n) is 2.01. The van der Waals surface area contributed by atoms with Crippen molar-refractivity contribution in [1.29, 1.82) is 5.26 Å². The molecule has 1 N–H and O–H groups in total. The van der Waals surface area contributed by atoms with E-state index in [9.17, 15) is 4.39 Å². The molecule has 2 aromatic heterocycles. The van der Waals surface area contributed by atoms with Gasteiger partial charge in [0.25, 0.3) is 0 Å². The molecule has 0 radical (unpaired) electrons. The molecule has 0 spiro atoms. The Labute approximate surface area is 130 Å². The summed E-state index contributed by atoms with van der Waals surface area (Å²) >= 11 is 3.36. The van der Waals surface area contributed by atoms with Gasteiger partial charge in [0.1, 0.15) is 17.4 Å². The first-order valence-corrected chi connectivity index (χ1v) is 8.07. The summed E-state index contributed by atoms with van der Waals surface area (Å²) in [5, 5.41) is 16.3. The Morgan fingerprint density at radius 2 is 2.10 bits per heavy atom. The lowest BCUT2D eigenvalue weighted by Crippen LogP contribution is -2.01. The number of thiophene rings is 2. The van der Waals surface area contributed by atoms with Crippen molar-refractivity contribution < 1.29 is 4.39 Å². The first kappa shape index (κ1) is 13.8. The van der Waals surface area contributed by atoms with E-state index < -0.39 is 5.82 Å². The maximum absolute atomic E-state index is 13.5. The lowest BCUT2D eigenvalue weighted by Gasteiger charge is -2.07. The Balaban J connectivity index is 1.74. The van der Waals surface area contributed by atoms with Crippen LogP contribution in [-0.4, -0.2) is 0 Å². The van der Waals surface area contributed by atoms with Crippen LogP contribution in [0.5, 0.6) is 0 Å². The number of benzene rings is 1. The highest BCUT2D eigenvalue weighted by Crippen LogP contribution is 2.29. The molecule has 0 fully saturated rings. The second kappa shape index (κ2) is 6.08. The molecule has 104 valence electrons. The maximum atomic E-state index is 13.5. The summed E-state index contributed by atoms with van der Waals surface area (Å²) < 4.78 is 13.5. The molecule has 2 heterocycles. The smallest absolute Gasteiger partial charge is 0.143 e. The van der Waals surface area contributed by atoms with Crippen molar-refractivity contribution in [3.63, 3.8) is 0 Å². The zero-order valence-corrected chi connectivity index (χ0v) is 12.6. The van der Waals surface area contributed by atoms with E-state index in [0.717, 1.165) is 4.88 Å². The van der Waals surface area contributed by atoms with Crippen LogP contribution in [0.3, 0.4) is 0 Å². The van der Waals surface area contributed by atoms with Crippen molar-refractivity contribution in [2.24, 2.45) is 0 Å². The van der Waals surface area contributed by atoms with Gasteiger partial charge in [0, 0.05) is 21.9 Å². The van der Waals surface area contributed by atoms with Crippen LogP contribution in [0.1, 0.15) is 10.4 Å². The van der Waals surface area contributed by atoms with Crippen LogP contribution < -0.4 is 5.32 Å². The van der Waals surface area contributed by atoms with Gasteiger partial charge < -0.3 is 5.32 Å². The fourth-order valence-corrected chi connectivity index (χ4v) is 3.63. The number of hydrogen-bond donors (Lipinski definition) is 1. The van der Waals surface area contributed by atoms with Gasteiger partial charge in [0.05, 0.1) is 5.69 Å². The highest BCUT2D eigenvalue weighted by molar-refractivity contribution is 7.14. The standard InChI is InChI=1S/C16H11FN2S2/c17-14-3-1-4-15(13(14)8-18)19-9-12-7-11(10-21-12)16-5-2-6-20-16/h1-7,10,19H,9H2.